The minimum Gasteiger partial charge on any atom is -0.504 e. The topological polar surface area (TPSA) is 55.5 Å². The van der Waals surface area contributed by atoms with Gasteiger partial charge in [0.15, 0.2) is 11.5 Å². The molecule has 0 amide bonds. The van der Waals surface area contributed by atoms with Gasteiger partial charge in [-0.15, -0.1) is 11.3 Å². The monoisotopic (exact) mass is 285 g/mol. The van der Waals surface area contributed by atoms with Gasteiger partial charge in [0, 0.05) is 16.1 Å². The molecule has 0 saturated carbocycles. The molecule has 0 aliphatic heterocycles. The van der Waals surface area contributed by atoms with E-state index in [4.69, 9.17) is 10.5 Å². The van der Waals surface area contributed by atoms with Crippen molar-refractivity contribution in [1.82, 2.24) is 0 Å². The smallest absolute Gasteiger partial charge is 0.161 e. The van der Waals surface area contributed by atoms with Crippen LogP contribution < -0.4 is 10.5 Å². The van der Waals surface area contributed by atoms with Crippen LogP contribution in [0.1, 0.15) is 10.4 Å². The predicted octanol–water partition coefficient (Wildman–Crippen LogP) is 3.64. The molecule has 0 saturated heterocycles. The van der Waals surface area contributed by atoms with Crippen LogP contribution in [-0.4, -0.2) is 5.11 Å². The number of rotatable bonds is 4. The highest BCUT2D eigenvalue weighted by molar-refractivity contribution is 7.19. The summed E-state index contributed by atoms with van der Waals surface area (Å²) >= 11 is 1.69. The van der Waals surface area contributed by atoms with E-state index < -0.39 is 0 Å². The lowest BCUT2D eigenvalue weighted by atomic mass is 10.1. The zero-order valence-electron chi connectivity index (χ0n) is 10.9. The van der Waals surface area contributed by atoms with Crippen LogP contribution in [-0.2, 0) is 13.2 Å². The molecule has 0 spiro atoms. The number of hydrogen-bond acceptors (Lipinski definition) is 4. The largest absolute Gasteiger partial charge is 0.504 e. The fourth-order valence-electron chi connectivity index (χ4n) is 2.14. The number of fused-ring (bicyclic) bond motifs is 1. The Kier molecular flexibility index (Phi) is 3.58. The lowest BCUT2D eigenvalue weighted by Gasteiger charge is -2.05. The van der Waals surface area contributed by atoms with E-state index in [2.05, 4.69) is 12.1 Å². The third-order valence-electron chi connectivity index (χ3n) is 3.13. The molecule has 3 nitrogen and oxygen atoms in total. The molecular formula is C16H15NO2S. The molecule has 3 aromatic rings. The van der Waals surface area contributed by atoms with Crippen LogP contribution in [0.15, 0.2) is 48.5 Å². The maximum atomic E-state index is 9.67. The maximum absolute atomic E-state index is 9.67. The quantitative estimate of drug-likeness (QED) is 0.769. The van der Waals surface area contributed by atoms with Crippen molar-refractivity contribution in [2.24, 2.45) is 5.73 Å². The summed E-state index contributed by atoms with van der Waals surface area (Å²) in [6, 6.07) is 15.2. The van der Waals surface area contributed by atoms with Crippen molar-refractivity contribution in [1.29, 1.82) is 0 Å². The minimum absolute atomic E-state index is 0.163. The van der Waals surface area contributed by atoms with E-state index in [1.807, 2.05) is 18.2 Å². The average molecular weight is 285 g/mol. The van der Waals surface area contributed by atoms with Crippen molar-refractivity contribution in [2.45, 2.75) is 13.2 Å². The van der Waals surface area contributed by atoms with Gasteiger partial charge in [0.2, 0.25) is 0 Å². The molecule has 102 valence electrons. The highest BCUT2D eigenvalue weighted by Gasteiger charge is 2.07. The summed E-state index contributed by atoms with van der Waals surface area (Å²) in [7, 11) is 0. The van der Waals surface area contributed by atoms with E-state index in [9.17, 15) is 5.11 Å². The molecular weight excluding hydrogens is 270 g/mol. The highest BCUT2D eigenvalue weighted by Crippen LogP contribution is 2.31. The Hall–Kier alpha value is -2.04. The number of thiophene rings is 1. The van der Waals surface area contributed by atoms with Crippen LogP contribution in [0.4, 0.5) is 0 Å². The first kappa shape index (κ1) is 13.0. The number of para-hydroxylation sites is 2. The molecule has 0 aliphatic carbocycles. The number of benzene rings is 2. The summed E-state index contributed by atoms with van der Waals surface area (Å²) in [5, 5.41) is 10.9. The summed E-state index contributed by atoms with van der Waals surface area (Å²) in [6.45, 7) is 0.985. The highest BCUT2D eigenvalue weighted by atomic mass is 32.1. The number of phenols is 1. The molecule has 0 bridgehead atoms. The van der Waals surface area contributed by atoms with E-state index in [1.165, 1.54) is 10.1 Å². The van der Waals surface area contributed by atoms with Crippen LogP contribution in [0.2, 0.25) is 0 Å². The van der Waals surface area contributed by atoms with Crippen LogP contribution in [0, 0.1) is 0 Å². The van der Waals surface area contributed by atoms with E-state index >= 15 is 0 Å². The number of ether oxygens (including phenoxy) is 1. The first-order valence-corrected chi connectivity index (χ1v) is 7.21. The standard InChI is InChI=1S/C16H15NO2S/c17-9-12-5-3-4-11-8-13(20-16(11)12)10-19-15-7-2-1-6-14(15)18/h1-8,18H,9-10,17H2. The second kappa shape index (κ2) is 5.53. The zero-order valence-corrected chi connectivity index (χ0v) is 11.7. The fourth-order valence-corrected chi connectivity index (χ4v) is 3.23. The molecule has 3 N–H and O–H groups in total. The molecule has 2 aromatic carbocycles. The van der Waals surface area contributed by atoms with Crippen LogP contribution in [0.5, 0.6) is 11.5 Å². The molecule has 1 heterocycles. The lowest BCUT2D eigenvalue weighted by Crippen LogP contribution is -1.95. The van der Waals surface area contributed by atoms with Crippen molar-refractivity contribution >= 4 is 21.4 Å². The van der Waals surface area contributed by atoms with Crippen molar-refractivity contribution in [3.05, 3.63) is 59.0 Å². The van der Waals surface area contributed by atoms with Gasteiger partial charge in [0.05, 0.1) is 0 Å². The Morgan fingerprint density at radius 2 is 1.95 bits per heavy atom. The zero-order chi connectivity index (χ0) is 13.9. The number of aromatic hydroxyl groups is 1. The molecule has 0 aliphatic rings. The van der Waals surface area contributed by atoms with E-state index in [0.29, 0.717) is 18.9 Å². The fraction of sp³-hybridized carbons (Fsp3) is 0.125. The van der Waals surface area contributed by atoms with Crippen molar-refractivity contribution < 1.29 is 9.84 Å². The number of hydrogen-bond donors (Lipinski definition) is 2. The molecule has 3 rings (SSSR count). The van der Waals surface area contributed by atoms with Gasteiger partial charge in [0.1, 0.15) is 6.61 Å². The third-order valence-corrected chi connectivity index (χ3v) is 4.33. The number of nitrogens with two attached hydrogens (primary N) is 1. The Balaban J connectivity index is 1.83. The first-order valence-electron chi connectivity index (χ1n) is 6.39. The SMILES string of the molecule is NCc1cccc2cc(COc3ccccc3O)sc12. The molecule has 0 unspecified atom stereocenters. The van der Waals surface area contributed by atoms with Gasteiger partial charge in [-0.05, 0) is 29.1 Å². The van der Waals surface area contributed by atoms with E-state index in [-0.39, 0.29) is 5.75 Å². The van der Waals surface area contributed by atoms with Crippen LogP contribution >= 0.6 is 11.3 Å². The van der Waals surface area contributed by atoms with Gasteiger partial charge >= 0.3 is 0 Å². The second-order valence-electron chi connectivity index (χ2n) is 4.51. The summed E-state index contributed by atoms with van der Waals surface area (Å²) in [4.78, 5) is 1.11. The van der Waals surface area contributed by atoms with E-state index in [0.717, 1.165) is 10.4 Å². The Morgan fingerprint density at radius 3 is 2.75 bits per heavy atom. The van der Waals surface area contributed by atoms with Gasteiger partial charge in [-0.3, -0.25) is 0 Å². The molecule has 4 heteroatoms. The molecule has 1 aromatic heterocycles. The third kappa shape index (κ3) is 2.48. The molecule has 20 heavy (non-hydrogen) atoms. The second-order valence-corrected chi connectivity index (χ2v) is 5.65. The lowest BCUT2D eigenvalue weighted by molar-refractivity contribution is 0.292. The summed E-state index contributed by atoms with van der Waals surface area (Å²) in [5.74, 6) is 0.667. The molecule has 0 atom stereocenters. The van der Waals surface area contributed by atoms with E-state index in [1.54, 1.807) is 29.5 Å². The Labute approximate surface area is 121 Å². The minimum atomic E-state index is 0.163. The molecule has 0 radical (unpaired) electrons. The summed E-state index contributed by atoms with van der Waals surface area (Å²) in [5.41, 5.74) is 6.91. The van der Waals surface area contributed by atoms with Crippen LogP contribution in [0.25, 0.3) is 10.1 Å². The summed E-state index contributed by atoms with van der Waals surface area (Å²) in [6.07, 6.45) is 0. The first-order chi connectivity index (χ1) is 9.78. The van der Waals surface area contributed by atoms with Gasteiger partial charge in [-0.25, -0.2) is 0 Å². The van der Waals surface area contributed by atoms with Crippen molar-refractivity contribution in [3.8, 4) is 11.5 Å². The van der Waals surface area contributed by atoms with Gasteiger partial charge in [-0.2, -0.15) is 0 Å². The van der Waals surface area contributed by atoms with Crippen LogP contribution in [0.3, 0.4) is 0 Å². The Morgan fingerprint density at radius 1 is 1.10 bits per heavy atom. The average Bonchev–Trinajstić information content (AvgIpc) is 2.89. The maximum Gasteiger partial charge on any atom is 0.161 e. The van der Waals surface area contributed by atoms with Gasteiger partial charge in [0.25, 0.3) is 0 Å². The van der Waals surface area contributed by atoms with Gasteiger partial charge in [-0.1, -0.05) is 30.3 Å². The number of phenolic OH excluding ortho intramolecular Hbond substituents is 1. The summed E-state index contributed by atoms with van der Waals surface area (Å²) < 4.78 is 6.87. The van der Waals surface area contributed by atoms with Gasteiger partial charge < -0.3 is 15.6 Å². The van der Waals surface area contributed by atoms with Crippen molar-refractivity contribution in [2.75, 3.05) is 0 Å². The normalized spacial score (nSPS) is 10.8. The van der Waals surface area contributed by atoms with Crippen molar-refractivity contribution in [3.63, 3.8) is 0 Å². The predicted molar refractivity (Wildman–Crippen MR) is 82.2 cm³/mol. The molecule has 0 fully saturated rings. The Bertz CT molecular complexity index is 736.